The van der Waals surface area contributed by atoms with Crippen LogP contribution in [0.5, 0.6) is 0 Å². The van der Waals surface area contributed by atoms with Gasteiger partial charge in [-0.15, -0.1) is 0 Å². The number of fused-ring (bicyclic) bond motifs is 1. The molecule has 1 aliphatic carbocycles. The minimum atomic E-state index is -0.365. The number of rotatable bonds is 5. The Hall–Kier alpha value is -2.21. The van der Waals surface area contributed by atoms with Crippen molar-refractivity contribution in [2.75, 3.05) is 20.8 Å². The highest BCUT2D eigenvalue weighted by Crippen LogP contribution is 2.37. The summed E-state index contributed by atoms with van der Waals surface area (Å²) in [6.45, 7) is 0.900. The van der Waals surface area contributed by atoms with E-state index in [1.807, 2.05) is 24.1 Å². The topological polar surface area (TPSA) is 66.9 Å². The first-order chi connectivity index (χ1) is 12.0. The Bertz CT molecular complexity index is 647. The molecule has 25 heavy (non-hydrogen) atoms. The smallest absolute Gasteiger partial charge is 0.337 e. The van der Waals surface area contributed by atoms with Gasteiger partial charge in [-0.1, -0.05) is 25.0 Å². The Morgan fingerprint density at radius 1 is 1.12 bits per heavy atom. The minimum Gasteiger partial charge on any atom is -0.465 e. The molecule has 2 fully saturated rings. The molecule has 0 N–H and O–H groups in total. The molecule has 2 amide bonds. The Morgan fingerprint density at radius 3 is 2.20 bits per heavy atom. The zero-order chi connectivity index (χ0) is 18.0. The van der Waals surface area contributed by atoms with Gasteiger partial charge in [-0.05, 0) is 37.6 Å². The number of imide groups is 1. The number of hydrogen-bond donors (Lipinski definition) is 0. The maximum atomic E-state index is 12.5. The van der Waals surface area contributed by atoms with Crippen molar-refractivity contribution in [2.45, 2.75) is 32.2 Å². The van der Waals surface area contributed by atoms with Gasteiger partial charge in [-0.25, -0.2) is 4.79 Å². The molecule has 134 valence electrons. The van der Waals surface area contributed by atoms with Crippen molar-refractivity contribution < 1.29 is 19.1 Å². The van der Waals surface area contributed by atoms with Crippen molar-refractivity contribution in [3.8, 4) is 0 Å². The molecule has 1 saturated heterocycles. The summed E-state index contributed by atoms with van der Waals surface area (Å²) in [6, 6.07) is 7.15. The van der Waals surface area contributed by atoms with E-state index in [4.69, 9.17) is 0 Å². The monoisotopic (exact) mass is 344 g/mol. The fraction of sp³-hybridized carbons (Fsp3) is 0.526. The number of benzene rings is 1. The molecule has 0 spiro atoms. The van der Waals surface area contributed by atoms with Crippen molar-refractivity contribution in [1.82, 2.24) is 9.80 Å². The lowest BCUT2D eigenvalue weighted by atomic mass is 9.81. The van der Waals surface area contributed by atoms with Gasteiger partial charge >= 0.3 is 5.97 Å². The standard InChI is InChI=1S/C19H24N2O4/c1-20(11-13-7-9-14(10-8-13)19(24)25-2)12-21-17(22)15-5-3-4-6-16(15)18(21)23/h7-10,15-16H,3-6,11-12H2,1-2H3. The molecule has 1 aliphatic heterocycles. The maximum absolute atomic E-state index is 12.5. The van der Waals surface area contributed by atoms with Crippen molar-refractivity contribution in [2.24, 2.45) is 11.8 Å². The Kier molecular flexibility index (Phi) is 5.18. The van der Waals surface area contributed by atoms with E-state index in [2.05, 4.69) is 4.74 Å². The maximum Gasteiger partial charge on any atom is 0.337 e. The van der Waals surface area contributed by atoms with Gasteiger partial charge in [-0.3, -0.25) is 19.4 Å². The van der Waals surface area contributed by atoms with Crippen LogP contribution in [0.2, 0.25) is 0 Å². The Balaban J connectivity index is 1.60. The highest BCUT2D eigenvalue weighted by molar-refractivity contribution is 6.05. The highest BCUT2D eigenvalue weighted by atomic mass is 16.5. The average molecular weight is 344 g/mol. The molecule has 0 aromatic heterocycles. The van der Waals surface area contributed by atoms with Crippen LogP contribution in [0.3, 0.4) is 0 Å². The molecule has 1 aromatic rings. The molecular weight excluding hydrogens is 320 g/mol. The van der Waals surface area contributed by atoms with E-state index >= 15 is 0 Å². The van der Waals surface area contributed by atoms with Gasteiger partial charge in [-0.2, -0.15) is 0 Å². The van der Waals surface area contributed by atoms with Crippen LogP contribution >= 0.6 is 0 Å². The van der Waals surface area contributed by atoms with Gasteiger partial charge in [0.25, 0.3) is 0 Å². The molecular formula is C19H24N2O4. The summed E-state index contributed by atoms with van der Waals surface area (Å²) < 4.78 is 4.68. The lowest BCUT2D eigenvalue weighted by molar-refractivity contribution is -0.142. The number of esters is 1. The molecule has 0 bridgehead atoms. The Morgan fingerprint density at radius 2 is 1.68 bits per heavy atom. The SMILES string of the molecule is COC(=O)c1ccc(CN(C)CN2C(=O)C3CCCCC3C2=O)cc1. The van der Waals surface area contributed by atoms with Crippen molar-refractivity contribution in [1.29, 1.82) is 0 Å². The zero-order valence-electron chi connectivity index (χ0n) is 14.7. The predicted octanol–water partition coefficient (Wildman–Crippen LogP) is 2.04. The summed E-state index contributed by atoms with van der Waals surface area (Å²) in [5.74, 6) is -0.594. The first-order valence-electron chi connectivity index (χ1n) is 8.72. The third-order valence-corrected chi connectivity index (χ3v) is 5.14. The second-order valence-electron chi connectivity index (χ2n) is 6.95. The highest BCUT2D eigenvalue weighted by Gasteiger charge is 2.48. The Labute approximate surface area is 147 Å². The second-order valence-corrected chi connectivity index (χ2v) is 6.95. The normalized spacial score (nSPS) is 23.1. The molecule has 2 unspecified atom stereocenters. The molecule has 1 aromatic carbocycles. The van der Waals surface area contributed by atoms with E-state index in [-0.39, 0.29) is 29.6 Å². The van der Waals surface area contributed by atoms with Gasteiger partial charge in [0, 0.05) is 6.54 Å². The molecule has 0 radical (unpaired) electrons. The van der Waals surface area contributed by atoms with Crippen LogP contribution in [-0.2, 0) is 20.9 Å². The molecule has 2 aliphatic rings. The average Bonchev–Trinajstić information content (AvgIpc) is 2.87. The van der Waals surface area contributed by atoms with Gasteiger partial charge < -0.3 is 4.74 Å². The number of hydrogen-bond acceptors (Lipinski definition) is 5. The molecule has 1 heterocycles. The predicted molar refractivity (Wildman–Crippen MR) is 91.4 cm³/mol. The summed E-state index contributed by atoms with van der Waals surface area (Å²) in [7, 11) is 3.24. The van der Waals surface area contributed by atoms with Gasteiger partial charge in [0.2, 0.25) is 11.8 Å². The first-order valence-corrected chi connectivity index (χ1v) is 8.72. The lowest BCUT2D eigenvalue weighted by Crippen LogP contribution is -2.40. The van der Waals surface area contributed by atoms with E-state index in [1.54, 1.807) is 12.1 Å². The first kappa shape index (κ1) is 17.6. The third kappa shape index (κ3) is 3.58. The number of carbonyl (C=O) groups is 3. The molecule has 2 atom stereocenters. The largest absolute Gasteiger partial charge is 0.465 e. The zero-order valence-corrected chi connectivity index (χ0v) is 14.7. The van der Waals surface area contributed by atoms with E-state index in [0.29, 0.717) is 18.8 Å². The molecule has 6 heteroatoms. The molecule has 3 rings (SSSR count). The minimum absolute atomic E-state index is 0.0115. The molecule has 6 nitrogen and oxygen atoms in total. The van der Waals surface area contributed by atoms with Crippen LogP contribution in [0.15, 0.2) is 24.3 Å². The van der Waals surface area contributed by atoms with Crippen LogP contribution in [0.4, 0.5) is 0 Å². The quantitative estimate of drug-likeness (QED) is 0.604. The third-order valence-electron chi connectivity index (χ3n) is 5.14. The van der Waals surface area contributed by atoms with Crippen molar-refractivity contribution >= 4 is 17.8 Å². The second kappa shape index (κ2) is 7.35. The summed E-state index contributed by atoms with van der Waals surface area (Å²) in [5, 5.41) is 0. The lowest BCUT2D eigenvalue weighted by Gasteiger charge is -2.23. The van der Waals surface area contributed by atoms with E-state index in [1.165, 1.54) is 12.0 Å². The van der Waals surface area contributed by atoms with E-state index in [9.17, 15) is 14.4 Å². The van der Waals surface area contributed by atoms with Gasteiger partial charge in [0.05, 0.1) is 31.2 Å². The van der Waals surface area contributed by atoms with E-state index < -0.39 is 0 Å². The van der Waals surface area contributed by atoms with Crippen molar-refractivity contribution in [3.05, 3.63) is 35.4 Å². The van der Waals surface area contributed by atoms with E-state index in [0.717, 1.165) is 31.2 Å². The number of nitrogens with zero attached hydrogens (tertiary/aromatic N) is 2. The summed E-state index contributed by atoms with van der Waals surface area (Å²) >= 11 is 0. The van der Waals surface area contributed by atoms with Crippen molar-refractivity contribution in [3.63, 3.8) is 0 Å². The summed E-state index contributed by atoms with van der Waals surface area (Å²) in [5.41, 5.74) is 1.51. The van der Waals surface area contributed by atoms with Gasteiger partial charge in [0.15, 0.2) is 0 Å². The van der Waals surface area contributed by atoms with Crippen LogP contribution in [-0.4, -0.2) is 48.4 Å². The number of amides is 2. The molecule has 1 saturated carbocycles. The fourth-order valence-electron chi connectivity index (χ4n) is 3.84. The number of likely N-dealkylation sites (tertiary alicyclic amines) is 1. The fourth-order valence-corrected chi connectivity index (χ4v) is 3.84. The van der Waals surface area contributed by atoms with Crippen LogP contribution < -0.4 is 0 Å². The number of carbonyl (C=O) groups excluding carboxylic acids is 3. The van der Waals surface area contributed by atoms with Gasteiger partial charge in [0.1, 0.15) is 0 Å². The number of ether oxygens (including phenoxy) is 1. The van der Waals surface area contributed by atoms with Crippen LogP contribution in [0.25, 0.3) is 0 Å². The number of methoxy groups -OCH3 is 1. The van der Waals surface area contributed by atoms with Crippen LogP contribution in [0, 0.1) is 11.8 Å². The van der Waals surface area contributed by atoms with Crippen LogP contribution in [0.1, 0.15) is 41.6 Å². The summed E-state index contributed by atoms with van der Waals surface area (Å²) in [4.78, 5) is 39.9. The summed E-state index contributed by atoms with van der Waals surface area (Å²) in [6.07, 6.45) is 3.75.